The molecule has 1 aliphatic rings. The Morgan fingerprint density at radius 3 is 2.79 bits per heavy atom. The van der Waals surface area contributed by atoms with Gasteiger partial charge in [-0.1, -0.05) is 30.3 Å². The van der Waals surface area contributed by atoms with Crippen molar-refractivity contribution < 1.29 is 13.2 Å². The molecule has 6 nitrogen and oxygen atoms in total. The maximum Gasteiger partial charge on any atom is 0.236 e. The van der Waals surface area contributed by atoms with E-state index in [0.29, 0.717) is 19.0 Å². The van der Waals surface area contributed by atoms with Crippen molar-refractivity contribution in [2.45, 2.75) is 18.9 Å². The number of hydrogen-bond acceptors (Lipinski definition) is 5. The first kappa shape index (κ1) is 16.6. The van der Waals surface area contributed by atoms with E-state index in [4.69, 9.17) is 4.74 Å². The van der Waals surface area contributed by atoms with Crippen molar-refractivity contribution in [3.63, 3.8) is 0 Å². The minimum Gasteiger partial charge on any atom is -0.472 e. The molecule has 0 amide bonds. The predicted molar refractivity (Wildman–Crippen MR) is 91.7 cm³/mol. The third-order valence-corrected chi connectivity index (χ3v) is 5.29. The van der Waals surface area contributed by atoms with Crippen molar-refractivity contribution in [2.24, 2.45) is 0 Å². The van der Waals surface area contributed by atoms with Crippen LogP contribution < -0.4 is 4.74 Å². The zero-order valence-corrected chi connectivity index (χ0v) is 14.0. The molecule has 1 aliphatic heterocycles. The topological polar surface area (TPSA) is 72.4 Å². The molecule has 24 heavy (non-hydrogen) atoms. The lowest BCUT2D eigenvalue weighted by molar-refractivity contribution is 0.125. The minimum atomic E-state index is -3.47. The van der Waals surface area contributed by atoms with Crippen molar-refractivity contribution >= 4 is 16.1 Å². The van der Waals surface area contributed by atoms with Gasteiger partial charge in [-0.05, 0) is 24.5 Å². The third-order valence-electron chi connectivity index (χ3n) is 3.76. The van der Waals surface area contributed by atoms with E-state index in [1.807, 2.05) is 30.3 Å². The first-order valence-corrected chi connectivity index (χ1v) is 9.30. The largest absolute Gasteiger partial charge is 0.472 e. The zero-order valence-electron chi connectivity index (χ0n) is 13.2. The average molecular weight is 345 g/mol. The first-order chi connectivity index (χ1) is 11.6. The summed E-state index contributed by atoms with van der Waals surface area (Å²) in [6.07, 6.45) is 7.60. The number of piperidine rings is 1. The quantitative estimate of drug-likeness (QED) is 0.831. The van der Waals surface area contributed by atoms with Crippen molar-refractivity contribution in [1.29, 1.82) is 0 Å². The Balaban J connectivity index is 1.66. The molecule has 0 N–H and O–H groups in total. The van der Waals surface area contributed by atoms with Gasteiger partial charge in [-0.2, -0.15) is 4.31 Å². The van der Waals surface area contributed by atoms with Crippen LogP contribution in [-0.4, -0.2) is 41.9 Å². The van der Waals surface area contributed by atoms with Crippen molar-refractivity contribution in [2.75, 3.05) is 13.1 Å². The summed E-state index contributed by atoms with van der Waals surface area (Å²) in [5, 5.41) is 1.26. The molecule has 0 radical (unpaired) electrons. The van der Waals surface area contributed by atoms with Crippen LogP contribution in [0.15, 0.2) is 54.3 Å². The highest BCUT2D eigenvalue weighted by molar-refractivity contribution is 7.92. The summed E-state index contributed by atoms with van der Waals surface area (Å²) < 4.78 is 32.2. The Hall–Kier alpha value is -2.25. The van der Waals surface area contributed by atoms with E-state index in [0.717, 1.165) is 18.4 Å². The van der Waals surface area contributed by atoms with Gasteiger partial charge in [-0.25, -0.2) is 13.4 Å². The molecule has 0 aliphatic carbocycles. The highest BCUT2D eigenvalue weighted by Crippen LogP contribution is 2.19. The monoisotopic (exact) mass is 345 g/mol. The van der Waals surface area contributed by atoms with Crippen LogP contribution in [0, 0.1) is 0 Å². The van der Waals surface area contributed by atoms with E-state index in [1.54, 1.807) is 18.5 Å². The Bertz CT molecular complexity index is 779. The molecule has 1 unspecified atom stereocenters. The van der Waals surface area contributed by atoms with Gasteiger partial charge in [-0.15, -0.1) is 0 Å². The summed E-state index contributed by atoms with van der Waals surface area (Å²) in [6.45, 7) is 0.819. The number of aromatic nitrogens is 2. The van der Waals surface area contributed by atoms with Gasteiger partial charge < -0.3 is 4.74 Å². The van der Waals surface area contributed by atoms with Gasteiger partial charge >= 0.3 is 0 Å². The normalized spacial score (nSPS) is 19.4. The average Bonchev–Trinajstić information content (AvgIpc) is 2.62. The lowest BCUT2D eigenvalue weighted by Gasteiger charge is -2.30. The second-order valence-electron chi connectivity index (χ2n) is 5.54. The number of hydrogen-bond donors (Lipinski definition) is 0. The van der Waals surface area contributed by atoms with Crippen LogP contribution in [0.5, 0.6) is 5.88 Å². The Labute approximate surface area is 141 Å². The highest BCUT2D eigenvalue weighted by atomic mass is 32.2. The smallest absolute Gasteiger partial charge is 0.236 e. The van der Waals surface area contributed by atoms with Crippen LogP contribution in [0.2, 0.25) is 0 Å². The fraction of sp³-hybridized carbons (Fsp3) is 0.294. The molecule has 2 heterocycles. The second kappa shape index (κ2) is 7.55. The molecule has 1 aromatic carbocycles. The number of rotatable bonds is 5. The van der Waals surface area contributed by atoms with Crippen LogP contribution in [0.4, 0.5) is 0 Å². The summed E-state index contributed by atoms with van der Waals surface area (Å²) in [5.74, 6) is 0.418. The third kappa shape index (κ3) is 4.39. The van der Waals surface area contributed by atoms with Crippen LogP contribution >= 0.6 is 0 Å². The molecule has 126 valence electrons. The molecule has 2 aromatic rings. The van der Waals surface area contributed by atoms with Crippen LogP contribution in [-0.2, 0) is 10.0 Å². The van der Waals surface area contributed by atoms with Gasteiger partial charge in [0.15, 0.2) is 0 Å². The van der Waals surface area contributed by atoms with Gasteiger partial charge in [0.1, 0.15) is 6.10 Å². The molecule has 1 atom stereocenters. The van der Waals surface area contributed by atoms with E-state index in [9.17, 15) is 8.42 Å². The summed E-state index contributed by atoms with van der Waals surface area (Å²) >= 11 is 0. The molecule has 7 heteroatoms. The molecule has 0 bridgehead atoms. The Morgan fingerprint density at radius 1 is 1.21 bits per heavy atom. The maximum absolute atomic E-state index is 12.5. The molecule has 1 saturated heterocycles. The number of sulfonamides is 1. The summed E-state index contributed by atoms with van der Waals surface area (Å²) in [7, 11) is -3.47. The fourth-order valence-electron chi connectivity index (χ4n) is 2.56. The second-order valence-corrected chi connectivity index (χ2v) is 7.36. The number of benzene rings is 1. The molecular weight excluding hydrogens is 326 g/mol. The fourth-order valence-corrected chi connectivity index (χ4v) is 3.82. The lowest BCUT2D eigenvalue weighted by atomic mass is 10.1. The van der Waals surface area contributed by atoms with Gasteiger partial charge in [0, 0.05) is 24.3 Å². The van der Waals surface area contributed by atoms with Crippen LogP contribution in [0.1, 0.15) is 18.4 Å². The molecule has 1 fully saturated rings. The Morgan fingerprint density at radius 2 is 2.04 bits per heavy atom. The van der Waals surface area contributed by atoms with Crippen molar-refractivity contribution in [1.82, 2.24) is 14.3 Å². The van der Waals surface area contributed by atoms with E-state index in [-0.39, 0.29) is 6.10 Å². The SMILES string of the molecule is O=S(=O)(/C=C/c1ccccc1)N1CCCC(Oc2cnccn2)C1. The predicted octanol–water partition coefficient (Wildman–Crippen LogP) is 2.32. The minimum absolute atomic E-state index is 0.213. The van der Waals surface area contributed by atoms with Gasteiger partial charge in [0.05, 0.1) is 12.7 Å². The number of ether oxygens (including phenoxy) is 1. The van der Waals surface area contributed by atoms with Gasteiger partial charge in [0.25, 0.3) is 0 Å². The van der Waals surface area contributed by atoms with E-state index in [2.05, 4.69) is 9.97 Å². The summed E-state index contributed by atoms with van der Waals surface area (Å²) in [4.78, 5) is 8.02. The van der Waals surface area contributed by atoms with Crippen LogP contribution in [0.25, 0.3) is 6.08 Å². The lowest BCUT2D eigenvalue weighted by Crippen LogP contribution is -2.43. The van der Waals surface area contributed by atoms with Gasteiger partial charge in [-0.3, -0.25) is 4.98 Å². The summed E-state index contributed by atoms with van der Waals surface area (Å²) in [5.41, 5.74) is 0.852. The summed E-state index contributed by atoms with van der Waals surface area (Å²) in [6, 6.07) is 9.37. The Kier molecular flexibility index (Phi) is 5.22. The molecule has 0 saturated carbocycles. The molecule has 0 spiro atoms. The first-order valence-electron chi connectivity index (χ1n) is 7.79. The van der Waals surface area contributed by atoms with Crippen molar-refractivity contribution in [3.8, 4) is 5.88 Å². The molecule has 1 aromatic heterocycles. The van der Waals surface area contributed by atoms with E-state index in [1.165, 1.54) is 15.9 Å². The molecule has 3 rings (SSSR count). The highest BCUT2D eigenvalue weighted by Gasteiger charge is 2.28. The zero-order chi connectivity index (χ0) is 16.8. The standard InChI is InChI=1S/C17H19N3O3S/c21-24(22,12-8-15-5-2-1-3-6-15)20-11-4-7-16(14-20)23-17-13-18-9-10-19-17/h1-3,5-6,8-10,12-13,16H,4,7,11,14H2/b12-8+. The van der Waals surface area contributed by atoms with Gasteiger partial charge in [0.2, 0.25) is 15.9 Å². The van der Waals surface area contributed by atoms with E-state index >= 15 is 0 Å². The molecular formula is C17H19N3O3S. The number of nitrogens with zero attached hydrogens (tertiary/aromatic N) is 3. The van der Waals surface area contributed by atoms with Crippen molar-refractivity contribution in [3.05, 3.63) is 59.9 Å². The van der Waals surface area contributed by atoms with Crippen LogP contribution in [0.3, 0.4) is 0 Å². The van der Waals surface area contributed by atoms with E-state index < -0.39 is 10.0 Å². The maximum atomic E-state index is 12.5.